The minimum absolute atomic E-state index is 0.112. The predicted molar refractivity (Wildman–Crippen MR) is 129 cm³/mol. The van der Waals surface area contributed by atoms with Gasteiger partial charge in [0.25, 0.3) is 0 Å². The number of imide groups is 1. The van der Waals surface area contributed by atoms with Crippen molar-refractivity contribution in [3.63, 3.8) is 0 Å². The van der Waals surface area contributed by atoms with Gasteiger partial charge in [-0.3, -0.25) is 14.5 Å². The normalized spacial score (nSPS) is 18.3. The van der Waals surface area contributed by atoms with Gasteiger partial charge in [-0.1, -0.05) is 37.6 Å². The first-order chi connectivity index (χ1) is 16.2. The molecule has 0 unspecified atom stereocenters. The van der Waals surface area contributed by atoms with E-state index in [0.29, 0.717) is 62.8 Å². The molecule has 0 spiro atoms. The SMILES string of the molecule is CC1(C)CC(=O)N(CCc2ccc(OC(=O)N3CCN(c4ccc(Cl)cn4)CC3)cc2)C(=O)C1. The maximum absolute atomic E-state index is 12.6. The number of carbonyl (C=O) groups is 3. The number of carbonyl (C=O) groups excluding carboxylic acids is 3. The highest BCUT2D eigenvalue weighted by molar-refractivity contribution is 6.30. The smallest absolute Gasteiger partial charge is 0.410 e. The molecule has 2 aliphatic heterocycles. The first-order valence-corrected chi connectivity index (χ1v) is 11.8. The number of amides is 3. The van der Waals surface area contributed by atoms with Crippen molar-refractivity contribution < 1.29 is 19.1 Å². The third-order valence-corrected chi connectivity index (χ3v) is 6.41. The second kappa shape index (κ2) is 10.0. The summed E-state index contributed by atoms with van der Waals surface area (Å²) in [4.78, 5) is 46.7. The number of likely N-dealkylation sites (tertiary alicyclic amines) is 1. The van der Waals surface area contributed by atoms with E-state index >= 15 is 0 Å². The maximum atomic E-state index is 12.6. The van der Waals surface area contributed by atoms with E-state index in [1.54, 1.807) is 29.3 Å². The zero-order chi connectivity index (χ0) is 24.3. The number of pyridine rings is 1. The van der Waals surface area contributed by atoms with Gasteiger partial charge >= 0.3 is 6.09 Å². The van der Waals surface area contributed by atoms with Crippen LogP contribution < -0.4 is 9.64 Å². The summed E-state index contributed by atoms with van der Waals surface area (Å²) in [6, 6.07) is 10.9. The van der Waals surface area contributed by atoms with Crippen LogP contribution in [-0.2, 0) is 16.0 Å². The summed E-state index contributed by atoms with van der Waals surface area (Å²) in [6.45, 7) is 6.64. The molecular weight excluding hydrogens is 456 g/mol. The third-order valence-electron chi connectivity index (χ3n) is 6.19. The van der Waals surface area contributed by atoms with Gasteiger partial charge in [-0.05, 0) is 41.7 Å². The lowest BCUT2D eigenvalue weighted by Gasteiger charge is -2.34. The second-order valence-corrected chi connectivity index (χ2v) is 9.96. The van der Waals surface area contributed by atoms with E-state index in [1.165, 1.54) is 4.90 Å². The number of aromatic nitrogens is 1. The van der Waals surface area contributed by atoms with Gasteiger partial charge in [0.2, 0.25) is 11.8 Å². The Hall–Kier alpha value is -3.13. The number of piperidine rings is 1. The van der Waals surface area contributed by atoms with Crippen molar-refractivity contribution in [1.82, 2.24) is 14.8 Å². The number of hydrogen-bond donors (Lipinski definition) is 0. The third kappa shape index (κ3) is 5.86. The van der Waals surface area contributed by atoms with E-state index in [0.717, 1.165) is 11.4 Å². The van der Waals surface area contributed by atoms with Crippen LogP contribution in [0.3, 0.4) is 0 Å². The van der Waals surface area contributed by atoms with Crippen LogP contribution in [0.1, 0.15) is 32.3 Å². The molecule has 2 aliphatic rings. The largest absolute Gasteiger partial charge is 0.415 e. The van der Waals surface area contributed by atoms with E-state index in [2.05, 4.69) is 9.88 Å². The lowest BCUT2D eigenvalue weighted by Crippen LogP contribution is -2.49. The summed E-state index contributed by atoms with van der Waals surface area (Å²) in [5, 5.41) is 0.592. The molecule has 3 heterocycles. The number of piperazine rings is 1. The molecule has 8 nitrogen and oxygen atoms in total. The highest BCUT2D eigenvalue weighted by Gasteiger charge is 2.37. The lowest BCUT2D eigenvalue weighted by molar-refractivity contribution is -0.152. The molecule has 2 aromatic rings. The number of hydrogen-bond acceptors (Lipinski definition) is 6. The molecule has 0 radical (unpaired) electrons. The summed E-state index contributed by atoms with van der Waals surface area (Å²) in [5.41, 5.74) is 0.699. The minimum Gasteiger partial charge on any atom is -0.410 e. The second-order valence-electron chi connectivity index (χ2n) is 9.53. The molecule has 0 aliphatic carbocycles. The van der Waals surface area contributed by atoms with Crippen molar-refractivity contribution in [2.45, 2.75) is 33.1 Å². The fourth-order valence-electron chi connectivity index (χ4n) is 4.26. The molecule has 34 heavy (non-hydrogen) atoms. The summed E-state index contributed by atoms with van der Waals surface area (Å²) in [6.07, 6.45) is 2.57. The molecule has 1 aromatic heterocycles. The van der Waals surface area contributed by atoms with Gasteiger partial charge in [-0.15, -0.1) is 0 Å². The van der Waals surface area contributed by atoms with Crippen LogP contribution >= 0.6 is 11.6 Å². The molecule has 3 amide bonds. The first kappa shape index (κ1) is 24.0. The summed E-state index contributed by atoms with van der Waals surface area (Å²) < 4.78 is 5.53. The van der Waals surface area contributed by atoms with Gasteiger partial charge in [0.15, 0.2) is 0 Å². The monoisotopic (exact) mass is 484 g/mol. The summed E-state index contributed by atoms with van der Waals surface area (Å²) in [7, 11) is 0. The van der Waals surface area contributed by atoms with Crippen molar-refractivity contribution in [1.29, 1.82) is 0 Å². The van der Waals surface area contributed by atoms with Crippen molar-refractivity contribution in [3.8, 4) is 5.75 Å². The van der Waals surface area contributed by atoms with E-state index in [1.807, 2.05) is 32.0 Å². The number of rotatable bonds is 5. The van der Waals surface area contributed by atoms with E-state index < -0.39 is 0 Å². The number of benzene rings is 1. The molecule has 4 rings (SSSR count). The molecular formula is C25H29ClN4O4. The van der Waals surface area contributed by atoms with E-state index in [9.17, 15) is 14.4 Å². The van der Waals surface area contributed by atoms with Gasteiger partial charge < -0.3 is 14.5 Å². The van der Waals surface area contributed by atoms with Crippen LogP contribution in [0.5, 0.6) is 5.75 Å². The highest BCUT2D eigenvalue weighted by atomic mass is 35.5. The van der Waals surface area contributed by atoms with Crippen molar-refractivity contribution in [2.24, 2.45) is 5.41 Å². The Kier molecular flexibility index (Phi) is 7.07. The Labute approximate surface area is 204 Å². The average molecular weight is 485 g/mol. The zero-order valence-electron chi connectivity index (χ0n) is 19.5. The summed E-state index contributed by atoms with van der Waals surface area (Å²) in [5.74, 6) is 1.07. The quantitative estimate of drug-likeness (QED) is 0.601. The molecule has 9 heteroatoms. The van der Waals surface area contributed by atoms with Crippen LogP contribution in [0.15, 0.2) is 42.6 Å². The molecule has 0 bridgehead atoms. The van der Waals surface area contributed by atoms with E-state index in [4.69, 9.17) is 16.3 Å². The molecule has 0 saturated carbocycles. The van der Waals surface area contributed by atoms with Crippen LogP contribution in [0.2, 0.25) is 5.02 Å². The molecule has 0 atom stereocenters. The predicted octanol–water partition coefficient (Wildman–Crippen LogP) is 3.77. The molecule has 1 aromatic carbocycles. The highest BCUT2D eigenvalue weighted by Crippen LogP contribution is 2.31. The summed E-state index contributed by atoms with van der Waals surface area (Å²) >= 11 is 5.90. The van der Waals surface area contributed by atoms with Crippen LogP contribution in [-0.4, -0.2) is 65.4 Å². The molecule has 180 valence electrons. The maximum Gasteiger partial charge on any atom is 0.415 e. The topological polar surface area (TPSA) is 83.1 Å². The zero-order valence-corrected chi connectivity index (χ0v) is 20.3. The van der Waals surface area contributed by atoms with Crippen molar-refractivity contribution in [3.05, 3.63) is 53.2 Å². The van der Waals surface area contributed by atoms with Gasteiger partial charge in [0, 0.05) is 51.8 Å². The fraction of sp³-hybridized carbons (Fsp3) is 0.440. The number of halogens is 1. The van der Waals surface area contributed by atoms with Gasteiger partial charge in [0.1, 0.15) is 11.6 Å². The van der Waals surface area contributed by atoms with Crippen molar-refractivity contribution in [2.75, 3.05) is 37.6 Å². The first-order valence-electron chi connectivity index (χ1n) is 11.5. The van der Waals surface area contributed by atoms with E-state index in [-0.39, 0.29) is 23.3 Å². The Balaban J connectivity index is 1.24. The van der Waals surface area contributed by atoms with Crippen LogP contribution in [0.4, 0.5) is 10.6 Å². The number of nitrogens with zero attached hydrogens (tertiary/aromatic N) is 4. The lowest BCUT2D eigenvalue weighted by atomic mass is 9.81. The van der Waals surface area contributed by atoms with Gasteiger partial charge in [-0.25, -0.2) is 9.78 Å². The van der Waals surface area contributed by atoms with Crippen molar-refractivity contribution >= 4 is 35.3 Å². The van der Waals surface area contributed by atoms with Crippen LogP contribution in [0.25, 0.3) is 0 Å². The van der Waals surface area contributed by atoms with Gasteiger partial charge in [-0.2, -0.15) is 0 Å². The Bertz CT molecular complexity index is 1030. The molecule has 0 N–H and O–H groups in total. The standard InChI is InChI=1S/C25H29ClN4O4/c1-25(2)15-22(31)30(23(32)16-25)10-9-18-3-6-20(7-4-18)34-24(33)29-13-11-28(12-14-29)21-8-5-19(26)17-27-21/h3-8,17H,9-16H2,1-2H3. The van der Waals surface area contributed by atoms with Crippen LogP contribution in [0, 0.1) is 5.41 Å². The Morgan fingerprint density at radius 3 is 2.24 bits per heavy atom. The Morgan fingerprint density at radius 2 is 1.65 bits per heavy atom. The number of ether oxygens (including phenoxy) is 1. The Morgan fingerprint density at radius 1 is 1.00 bits per heavy atom. The minimum atomic E-state index is -0.386. The molecule has 2 fully saturated rings. The fourth-order valence-corrected chi connectivity index (χ4v) is 4.38. The number of anilines is 1. The average Bonchev–Trinajstić information content (AvgIpc) is 2.79. The van der Waals surface area contributed by atoms with Gasteiger partial charge in [0.05, 0.1) is 5.02 Å². The molecule has 2 saturated heterocycles.